The van der Waals surface area contributed by atoms with Crippen LogP contribution >= 0.6 is 15.6 Å². The lowest BCUT2D eigenvalue weighted by Gasteiger charge is -2.21. The first-order chi connectivity index (χ1) is 44.9. The summed E-state index contributed by atoms with van der Waals surface area (Å²) in [6, 6.07) is 0. The first-order valence-corrected chi connectivity index (χ1v) is 41.5. The van der Waals surface area contributed by atoms with Crippen LogP contribution in [0.15, 0.2) is 0 Å². The van der Waals surface area contributed by atoms with Gasteiger partial charge < -0.3 is 33.8 Å². The molecule has 0 aromatic rings. The number of aliphatic hydroxyl groups is 1. The predicted octanol–water partition coefficient (Wildman–Crippen LogP) is 21.6. The molecule has 6 atom stereocenters. The van der Waals surface area contributed by atoms with E-state index in [1.165, 1.54) is 199 Å². The summed E-state index contributed by atoms with van der Waals surface area (Å²) in [5, 5.41) is 10.6. The van der Waals surface area contributed by atoms with Crippen LogP contribution in [-0.2, 0) is 65.4 Å². The van der Waals surface area contributed by atoms with Crippen molar-refractivity contribution >= 4 is 39.5 Å². The number of unbranched alkanes of at least 4 members (excludes halogenated alkanes) is 42. The quantitative estimate of drug-likeness (QED) is 0.0222. The highest BCUT2D eigenvalue weighted by Crippen LogP contribution is 2.45. The minimum atomic E-state index is -4.96. The van der Waals surface area contributed by atoms with Gasteiger partial charge in [-0.1, -0.05) is 330 Å². The molecule has 0 saturated heterocycles. The minimum absolute atomic E-state index is 0.107. The van der Waals surface area contributed by atoms with Gasteiger partial charge >= 0.3 is 39.5 Å². The summed E-state index contributed by atoms with van der Waals surface area (Å²) in [4.78, 5) is 72.7. The maximum absolute atomic E-state index is 13.1. The number of ether oxygens (including phenoxy) is 4. The average molecular weight is 1370 g/mol. The van der Waals surface area contributed by atoms with Crippen LogP contribution in [0.5, 0.6) is 0 Å². The molecule has 93 heavy (non-hydrogen) atoms. The Bertz CT molecular complexity index is 1810. The number of carbonyl (C=O) groups is 4. The summed E-state index contributed by atoms with van der Waals surface area (Å²) >= 11 is 0. The topological polar surface area (TPSA) is 237 Å². The molecule has 3 unspecified atom stereocenters. The van der Waals surface area contributed by atoms with Gasteiger partial charge in [-0.25, -0.2) is 9.13 Å². The molecule has 3 N–H and O–H groups in total. The van der Waals surface area contributed by atoms with Crippen molar-refractivity contribution in [1.82, 2.24) is 0 Å². The zero-order valence-corrected chi connectivity index (χ0v) is 62.3. The van der Waals surface area contributed by atoms with Crippen LogP contribution < -0.4 is 0 Å². The smallest absolute Gasteiger partial charge is 0.462 e. The average Bonchev–Trinajstić information content (AvgIpc) is 1.96. The van der Waals surface area contributed by atoms with E-state index in [0.717, 1.165) is 102 Å². The first kappa shape index (κ1) is 91.1. The second-order valence-electron chi connectivity index (χ2n) is 27.4. The van der Waals surface area contributed by atoms with Gasteiger partial charge in [-0.3, -0.25) is 37.3 Å². The van der Waals surface area contributed by atoms with Gasteiger partial charge in [0.15, 0.2) is 12.2 Å². The van der Waals surface area contributed by atoms with Crippen LogP contribution in [0.25, 0.3) is 0 Å². The lowest BCUT2D eigenvalue weighted by Crippen LogP contribution is -2.30. The molecule has 0 aliphatic carbocycles. The zero-order valence-electron chi connectivity index (χ0n) is 60.6. The molecule has 19 heteroatoms. The van der Waals surface area contributed by atoms with Gasteiger partial charge in [0.05, 0.1) is 26.4 Å². The van der Waals surface area contributed by atoms with Crippen LogP contribution in [-0.4, -0.2) is 96.7 Å². The van der Waals surface area contributed by atoms with Crippen LogP contribution in [0, 0.1) is 11.8 Å². The lowest BCUT2D eigenvalue weighted by atomic mass is 9.99. The second kappa shape index (κ2) is 66.0. The number of esters is 4. The molecule has 0 heterocycles. The molecule has 0 aromatic carbocycles. The fourth-order valence-electron chi connectivity index (χ4n) is 11.3. The van der Waals surface area contributed by atoms with E-state index in [9.17, 15) is 43.2 Å². The summed E-state index contributed by atoms with van der Waals surface area (Å²) in [7, 11) is -9.91. The van der Waals surface area contributed by atoms with E-state index in [1.54, 1.807) is 0 Å². The molecule has 0 aromatic heterocycles. The molecule has 0 aliphatic heterocycles. The standard InChI is InChI=1S/C74H144O17P2/c1-7-10-12-14-16-18-20-21-22-26-34-40-46-52-58-73(78)90-69(62-84-71(76)56-50-44-38-32-19-17-15-13-11-8-2)64-88-92(80,81)86-60-68(75)61-87-93(82,83)89-65-70(63-85-72(77)57-51-45-39-33-29-28-31-37-43-49-55-67(6)9-3)91-74(79)59-53-47-41-35-27-24-23-25-30-36-42-48-54-66(4)5/h66-70,75H,7-65H2,1-6H3,(H,80,81)(H,82,83)/t67?,68-,69+,70+/m0/s1. The van der Waals surface area contributed by atoms with Crippen molar-refractivity contribution in [2.24, 2.45) is 11.8 Å². The van der Waals surface area contributed by atoms with Gasteiger partial charge in [0.2, 0.25) is 0 Å². The SMILES string of the molecule is CCCCCCCCCCCCCCCCC(=O)O[C@H](COC(=O)CCCCCCCCCCCC)COP(=O)(O)OC[C@H](O)COP(=O)(O)OC[C@@H](COC(=O)CCCCCCCCCCCCC(C)CC)OC(=O)CCCCCCCCCCCCCCC(C)C. The molecule has 0 aliphatic rings. The van der Waals surface area contributed by atoms with E-state index in [0.29, 0.717) is 25.7 Å². The Morgan fingerprint density at radius 2 is 0.548 bits per heavy atom. The number of hydrogen-bond donors (Lipinski definition) is 3. The highest BCUT2D eigenvalue weighted by molar-refractivity contribution is 7.47. The van der Waals surface area contributed by atoms with Crippen molar-refractivity contribution < 1.29 is 80.2 Å². The normalized spacial score (nSPS) is 14.3. The molecule has 0 rings (SSSR count). The van der Waals surface area contributed by atoms with E-state index in [-0.39, 0.29) is 25.7 Å². The maximum atomic E-state index is 13.1. The van der Waals surface area contributed by atoms with Crippen molar-refractivity contribution in [2.75, 3.05) is 39.6 Å². The zero-order chi connectivity index (χ0) is 68.6. The fourth-order valence-corrected chi connectivity index (χ4v) is 12.8. The van der Waals surface area contributed by atoms with E-state index < -0.39 is 97.5 Å². The maximum Gasteiger partial charge on any atom is 0.472 e. The van der Waals surface area contributed by atoms with Crippen molar-refractivity contribution in [3.63, 3.8) is 0 Å². The summed E-state index contributed by atoms with van der Waals surface area (Å²) in [5.74, 6) is -0.530. The molecular weight excluding hydrogens is 1220 g/mol. The number of aliphatic hydroxyl groups excluding tert-OH is 1. The van der Waals surface area contributed by atoms with E-state index >= 15 is 0 Å². The third-order valence-corrected chi connectivity index (χ3v) is 19.5. The van der Waals surface area contributed by atoms with Gasteiger partial charge in [-0.05, 0) is 37.5 Å². The lowest BCUT2D eigenvalue weighted by molar-refractivity contribution is -0.161. The Hall–Kier alpha value is -1.94. The number of phosphoric acid groups is 2. The van der Waals surface area contributed by atoms with E-state index in [4.69, 9.17) is 37.0 Å². The number of rotatable bonds is 73. The molecule has 0 bridgehead atoms. The Kier molecular flexibility index (Phi) is 64.6. The third-order valence-electron chi connectivity index (χ3n) is 17.6. The minimum Gasteiger partial charge on any atom is -0.462 e. The van der Waals surface area contributed by atoms with Gasteiger partial charge in [0, 0.05) is 25.7 Å². The van der Waals surface area contributed by atoms with Crippen LogP contribution in [0.4, 0.5) is 0 Å². The third kappa shape index (κ3) is 67.0. The highest BCUT2D eigenvalue weighted by atomic mass is 31.2. The number of hydrogen-bond acceptors (Lipinski definition) is 15. The van der Waals surface area contributed by atoms with Crippen molar-refractivity contribution in [1.29, 1.82) is 0 Å². The van der Waals surface area contributed by atoms with Gasteiger partial charge in [0.1, 0.15) is 19.3 Å². The summed E-state index contributed by atoms with van der Waals surface area (Å²) in [6.45, 7) is 9.62. The Morgan fingerprint density at radius 3 is 0.817 bits per heavy atom. The second-order valence-corrected chi connectivity index (χ2v) is 30.3. The Morgan fingerprint density at radius 1 is 0.312 bits per heavy atom. The van der Waals surface area contributed by atoms with Crippen molar-refractivity contribution in [2.45, 2.75) is 400 Å². The van der Waals surface area contributed by atoms with Crippen molar-refractivity contribution in [3.05, 3.63) is 0 Å². The predicted molar refractivity (Wildman–Crippen MR) is 377 cm³/mol. The number of carbonyl (C=O) groups excluding carboxylic acids is 4. The summed E-state index contributed by atoms with van der Waals surface area (Å²) in [6.07, 6.45) is 52.5. The van der Waals surface area contributed by atoms with E-state index in [1.807, 2.05) is 0 Å². The molecule has 0 radical (unpaired) electrons. The molecule has 0 fully saturated rings. The molecule has 0 saturated carbocycles. The van der Waals surface area contributed by atoms with Gasteiger partial charge in [-0.2, -0.15) is 0 Å². The molecule has 552 valence electrons. The van der Waals surface area contributed by atoms with Crippen LogP contribution in [0.3, 0.4) is 0 Å². The summed E-state index contributed by atoms with van der Waals surface area (Å²) < 4.78 is 68.5. The number of phosphoric ester groups is 2. The van der Waals surface area contributed by atoms with E-state index in [2.05, 4.69) is 41.5 Å². The summed E-state index contributed by atoms with van der Waals surface area (Å²) in [5.41, 5.74) is 0. The van der Waals surface area contributed by atoms with Crippen LogP contribution in [0.1, 0.15) is 382 Å². The molecule has 0 spiro atoms. The Balaban J connectivity index is 5.26. The van der Waals surface area contributed by atoms with Crippen molar-refractivity contribution in [3.8, 4) is 0 Å². The highest BCUT2D eigenvalue weighted by Gasteiger charge is 2.30. The molecule has 0 amide bonds. The first-order valence-electron chi connectivity index (χ1n) is 38.5. The van der Waals surface area contributed by atoms with Gasteiger partial charge in [-0.15, -0.1) is 0 Å². The van der Waals surface area contributed by atoms with Crippen LogP contribution in [0.2, 0.25) is 0 Å². The monoisotopic (exact) mass is 1370 g/mol. The largest absolute Gasteiger partial charge is 0.472 e. The molecular formula is C74H144O17P2. The molecule has 17 nitrogen and oxygen atoms in total. The van der Waals surface area contributed by atoms with Gasteiger partial charge in [0.25, 0.3) is 0 Å². The fraction of sp³-hybridized carbons (Fsp3) is 0.946. The Labute approximate surface area is 568 Å².